The Balaban J connectivity index is 0.000000224. The minimum atomic E-state index is -0.860. The van der Waals surface area contributed by atoms with Gasteiger partial charge in [0, 0.05) is 11.2 Å². The van der Waals surface area contributed by atoms with Gasteiger partial charge in [0.1, 0.15) is 0 Å². The number of aryl methyl sites for hydroxylation is 6. The molecule has 1 unspecified atom stereocenters. The average Bonchev–Trinajstić information content (AvgIpc) is 2.34. The van der Waals surface area contributed by atoms with Crippen molar-refractivity contribution in [1.82, 2.24) is 0 Å². The molecule has 2 aromatic carbocycles. The summed E-state index contributed by atoms with van der Waals surface area (Å²) in [5.74, 6) is 0. The van der Waals surface area contributed by atoms with Crippen LogP contribution >= 0.6 is 0 Å². The SMILES string of the molecule is Cc1cc(C)c(C)c(C)c1.Cc1cc(C)c(S(C)=O)c(C)c1. The number of hydrogen-bond donors (Lipinski definition) is 0. The van der Waals surface area contributed by atoms with Crippen LogP contribution in [0, 0.1) is 48.5 Å². The van der Waals surface area contributed by atoms with E-state index >= 15 is 0 Å². The van der Waals surface area contributed by atoms with Crippen molar-refractivity contribution >= 4 is 10.8 Å². The predicted octanol–water partition coefficient (Wildman–Crippen LogP) is 5.27. The van der Waals surface area contributed by atoms with Crippen molar-refractivity contribution in [3.05, 3.63) is 63.2 Å². The standard InChI is InChI=1S/C10H14OS.C10H14/c1-7-5-8(2)10(12(4)11)9(3)6-7;1-7-5-8(2)10(4)9(3)6-7/h5-6H,1-4H3;5-6H,1-4H3. The highest BCUT2D eigenvalue weighted by Gasteiger charge is 2.06. The van der Waals surface area contributed by atoms with E-state index in [1.807, 2.05) is 13.8 Å². The van der Waals surface area contributed by atoms with E-state index in [9.17, 15) is 4.21 Å². The van der Waals surface area contributed by atoms with Crippen LogP contribution in [0.15, 0.2) is 29.2 Å². The molecule has 0 spiro atoms. The van der Waals surface area contributed by atoms with E-state index in [0.717, 1.165) is 16.0 Å². The van der Waals surface area contributed by atoms with Gasteiger partial charge in [-0.2, -0.15) is 0 Å². The molecule has 0 amide bonds. The maximum absolute atomic E-state index is 11.3. The van der Waals surface area contributed by atoms with E-state index < -0.39 is 10.8 Å². The topological polar surface area (TPSA) is 17.1 Å². The Hall–Kier alpha value is -1.41. The predicted molar refractivity (Wildman–Crippen MR) is 98.4 cm³/mol. The van der Waals surface area contributed by atoms with Gasteiger partial charge in [-0.15, -0.1) is 0 Å². The highest BCUT2D eigenvalue weighted by atomic mass is 32.2. The molecule has 1 nitrogen and oxygen atoms in total. The van der Waals surface area contributed by atoms with Crippen LogP contribution in [0.4, 0.5) is 0 Å². The second-order valence-electron chi connectivity index (χ2n) is 6.21. The third kappa shape index (κ3) is 4.81. The molecule has 0 bridgehead atoms. The fourth-order valence-electron chi connectivity index (χ4n) is 2.87. The lowest BCUT2D eigenvalue weighted by molar-refractivity contribution is 0.686. The van der Waals surface area contributed by atoms with Crippen molar-refractivity contribution < 1.29 is 4.21 Å². The van der Waals surface area contributed by atoms with Crippen LogP contribution in [0.3, 0.4) is 0 Å². The lowest BCUT2D eigenvalue weighted by Crippen LogP contribution is -1.96. The minimum Gasteiger partial charge on any atom is -0.255 e. The van der Waals surface area contributed by atoms with Gasteiger partial charge in [-0.3, -0.25) is 4.21 Å². The first-order valence-corrected chi connectivity index (χ1v) is 9.15. The van der Waals surface area contributed by atoms with Crippen LogP contribution < -0.4 is 0 Å². The van der Waals surface area contributed by atoms with Crippen LogP contribution in [0.25, 0.3) is 0 Å². The van der Waals surface area contributed by atoms with E-state index in [-0.39, 0.29) is 0 Å². The summed E-state index contributed by atoms with van der Waals surface area (Å²) in [6.45, 7) is 14.7. The molecule has 2 aromatic rings. The molecule has 0 radical (unpaired) electrons. The molecular weight excluding hydrogens is 288 g/mol. The summed E-state index contributed by atoms with van der Waals surface area (Å²) in [7, 11) is -0.860. The van der Waals surface area contributed by atoms with Crippen LogP contribution in [-0.4, -0.2) is 10.5 Å². The van der Waals surface area contributed by atoms with E-state index in [1.165, 1.54) is 27.8 Å². The molecule has 0 aliphatic heterocycles. The van der Waals surface area contributed by atoms with Crippen molar-refractivity contribution in [2.24, 2.45) is 0 Å². The third-order valence-electron chi connectivity index (χ3n) is 3.96. The zero-order valence-corrected chi connectivity index (χ0v) is 15.9. The Bertz CT molecular complexity index is 653. The Morgan fingerprint density at radius 2 is 0.955 bits per heavy atom. The minimum absolute atomic E-state index is 0.860. The van der Waals surface area contributed by atoms with Crippen molar-refractivity contribution in [3.8, 4) is 0 Å². The molecule has 0 fully saturated rings. The van der Waals surface area contributed by atoms with Gasteiger partial charge in [-0.05, 0) is 76.3 Å². The van der Waals surface area contributed by atoms with Crippen molar-refractivity contribution in [3.63, 3.8) is 0 Å². The van der Waals surface area contributed by atoms with Gasteiger partial charge in [0.25, 0.3) is 0 Å². The van der Waals surface area contributed by atoms with Crippen molar-refractivity contribution in [2.45, 2.75) is 53.4 Å². The second kappa shape index (κ2) is 7.73. The molecule has 2 heteroatoms. The van der Waals surface area contributed by atoms with E-state index in [4.69, 9.17) is 0 Å². The molecule has 0 aliphatic carbocycles. The van der Waals surface area contributed by atoms with Gasteiger partial charge < -0.3 is 0 Å². The Labute approximate surface area is 138 Å². The maximum atomic E-state index is 11.3. The molecule has 120 valence electrons. The van der Waals surface area contributed by atoms with Crippen LogP contribution in [0.2, 0.25) is 0 Å². The highest BCUT2D eigenvalue weighted by molar-refractivity contribution is 7.84. The fraction of sp³-hybridized carbons (Fsp3) is 0.400. The fourth-order valence-corrected chi connectivity index (χ4v) is 3.90. The van der Waals surface area contributed by atoms with E-state index in [2.05, 4.69) is 58.9 Å². The maximum Gasteiger partial charge on any atom is 0.0503 e. The normalized spacial score (nSPS) is 11.6. The van der Waals surface area contributed by atoms with Gasteiger partial charge in [0.15, 0.2) is 0 Å². The number of benzene rings is 2. The quantitative estimate of drug-likeness (QED) is 0.700. The third-order valence-corrected chi connectivity index (χ3v) is 5.18. The number of rotatable bonds is 1. The Kier molecular flexibility index (Phi) is 6.55. The summed E-state index contributed by atoms with van der Waals surface area (Å²) >= 11 is 0. The summed E-state index contributed by atoms with van der Waals surface area (Å²) < 4.78 is 11.3. The number of hydrogen-bond acceptors (Lipinski definition) is 1. The molecule has 2 rings (SSSR count). The van der Waals surface area contributed by atoms with Crippen LogP contribution in [0.1, 0.15) is 38.9 Å². The first-order valence-electron chi connectivity index (χ1n) is 7.59. The van der Waals surface area contributed by atoms with Gasteiger partial charge in [-0.1, -0.05) is 35.4 Å². The van der Waals surface area contributed by atoms with Gasteiger partial charge in [0.2, 0.25) is 0 Å². The first-order chi connectivity index (χ1) is 10.1. The lowest BCUT2D eigenvalue weighted by atomic mass is 10.0. The molecule has 22 heavy (non-hydrogen) atoms. The molecule has 0 heterocycles. The zero-order chi connectivity index (χ0) is 17.0. The average molecular weight is 317 g/mol. The van der Waals surface area contributed by atoms with E-state index in [1.54, 1.807) is 6.26 Å². The molecule has 0 aromatic heterocycles. The molecular formula is C20H28OS. The summed E-state index contributed by atoms with van der Waals surface area (Å²) in [6.07, 6.45) is 1.73. The van der Waals surface area contributed by atoms with E-state index in [0.29, 0.717) is 0 Å². The first kappa shape index (κ1) is 18.6. The smallest absolute Gasteiger partial charge is 0.0503 e. The molecule has 0 N–H and O–H groups in total. The van der Waals surface area contributed by atoms with Gasteiger partial charge >= 0.3 is 0 Å². The second-order valence-corrected chi connectivity index (χ2v) is 7.52. The largest absolute Gasteiger partial charge is 0.255 e. The summed E-state index contributed by atoms with van der Waals surface area (Å²) in [5, 5.41) is 0. The van der Waals surface area contributed by atoms with Gasteiger partial charge in [-0.25, -0.2) is 0 Å². The van der Waals surface area contributed by atoms with Crippen LogP contribution in [0.5, 0.6) is 0 Å². The van der Waals surface area contributed by atoms with Crippen molar-refractivity contribution in [2.75, 3.05) is 6.26 Å². The summed E-state index contributed by atoms with van der Waals surface area (Å²) in [4.78, 5) is 0.987. The molecule has 0 saturated heterocycles. The highest BCUT2D eigenvalue weighted by Crippen LogP contribution is 2.19. The molecule has 0 aliphatic rings. The zero-order valence-electron chi connectivity index (χ0n) is 15.1. The van der Waals surface area contributed by atoms with Gasteiger partial charge in [0.05, 0.1) is 10.8 Å². The Morgan fingerprint density at radius 1 is 0.636 bits per heavy atom. The monoisotopic (exact) mass is 316 g/mol. The lowest BCUT2D eigenvalue weighted by Gasteiger charge is -2.07. The molecule has 1 atom stereocenters. The molecule has 0 saturated carbocycles. The Morgan fingerprint density at radius 3 is 1.27 bits per heavy atom. The summed E-state index contributed by atoms with van der Waals surface area (Å²) in [5.41, 5.74) is 9.09. The van der Waals surface area contributed by atoms with Crippen molar-refractivity contribution in [1.29, 1.82) is 0 Å². The summed E-state index contributed by atoms with van der Waals surface area (Å²) in [6, 6.07) is 8.60. The van der Waals surface area contributed by atoms with Crippen LogP contribution in [-0.2, 0) is 10.8 Å².